The Morgan fingerprint density at radius 3 is 2.77 bits per heavy atom. The van der Waals surface area contributed by atoms with Crippen molar-refractivity contribution in [2.24, 2.45) is 0 Å². The highest BCUT2D eigenvalue weighted by Crippen LogP contribution is 2.25. The summed E-state index contributed by atoms with van der Waals surface area (Å²) in [5, 5.41) is 14.1. The van der Waals surface area contributed by atoms with Crippen molar-refractivity contribution in [3.05, 3.63) is 24.3 Å². The van der Waals surface area contributed by atoms with Crippen LogP contribution in [-0.2, 0) is 4.74 Å². The Morgan fingerprint density at radius 1 is 1.27 bits per heavy atom. The number of ether oxygens (including phenoxy) is 2. The van der Waals surface area contributed by atoms with Gasteiger partial charge in [-0.05, 0) is 24.3 Å². The Balaban J connectivity index is 1.41. The fourth-order valence-corrected chi connectivity index (χ4v) is 4.30. The zero-order chi connectivity index (χ0) is 18.2. The van der Waals surface area contributed by atoms with Crippen molar-refractivity contribution in [2.45, 2.75) is 4.34 Å². The summed E-state index contributed by atoms with van der Waals surface area (Å²) in [6, 6.07) is 6.76. The minimum absolute atomic E-state index is 0.347. The van der Waals surface area contributed by atoms with E-state index >= 15 is 0 Å². The summed E-state index contributed by atoms with van der Waals surface area (Å²) in [5.41, 5.74) is 0.677. The van der Waals surface area contributed by atoms with E-state index in [1.165, 1.54) is 11.3 Å². The minimum Gasteiger partial charge on any atom is -0.497 e. The molecule has 0 saturated carbocycles. The first-order valence-electron chi connectivity index (χ1n) is 8.32. The lowest BCUT2D eigenvalue weighted by molar-refractivity contribution is -0.905. The van der Waals surface area contributed by atoms with E-state index in [2.05, 4.69) is 20.8 Å². The van der Waals surface area contributed by atoms with Crippen LogP contribution in [0.5, 0.6) is 5.75 Å². The average molecular weight is 397 g/mol. The molecule has 1 aromatic heterocycles. The molecule has 140 valence electrons. The van der Waals surface area contributed by atoms with Crippen LogP contribution >= 0.6 is 23.1 Å². The zero-order valence-electron chi connectivity index (χ0n) is 14.5. The molecule has 26 heavy (non-hydrogen) atoms. The van der Waals surface area contributed by atoms with Crippen molar-refractivity contribution < 1.29 is 19.2 Å². The summed E-state index contributed by atoms with van der Waals surface area (Å²) in [5.74, 6) is 1.71. The molecule has 10 heteroatoms. The number of amides is 2. The topological polar surface area (TPSA) is 89.8 Å². The second-order valence-electron chi connectivity index (χ2n) is 5.64. The predicted molar refractivity (Wildman–Crippen MR) is 103 cm³/mol. The molecule has 1 aliphatic rings. The van der Waals surface area contributed by atoms with Gasteiger partial charge in [0, 0.05) is 11.4 Å². The van der Waals surface area contributed by atoms with Gasteiger partial charge in [0.2, 0.25) is 5.13 Å². The summed E-state index contributed by atoms with van der Waals surface area (Å²) < 4.78 is 11.3. The van der Waals surface area contributed by atoms with E-state index in [4.69, 9.17) is 9.47 Å². The molecular formula is C16H22N5O3S2+. The van der Waals surface area contributed by atoms with Crippen molar-refractivity contribution >= 4 is 39.9 Å². The van der Waals surface area contributed by atoms with Crippen LogP contribution in [0.2, 0.25) is 0 Å². The van der Waals surface area contributed by atoms with Gasteiger partial charge in [0.1, 0.15) is 18.8 Å². The number of nitrogens with one attached hydrogen (secondary N) is 3. The maximum absolute atomic E-state index is 12.0. The lowest BCUT2D eigenvalue weighted by Crippen LogP contribution is -3.14. The van der Waals surface area contributed by atoms with E-state index in [0.717, 1.165) is 48.7 Å². The normalized spacial score (nSPS) is 14.8. The van der Waals surface area contributed by atoms with Gasteiger partial charge in [-0.15, -0.1) is 10.2 Å². The molecule has 3 N–H and O–H groups in total. The van der Waals surface area contributed by atoms with Gasteiger partial charge in [0.25, 0.3) is 0 Å². The maximum Gasteiger partial charge on any atom is 0.325 e. The predicted octanol–water partition coefficient (Wildman–Crippen LogP) is 1.20. The second-order valence-corrected chi connectivity index (χ2v) is 7.96. The molecule has 2 amide bonds. The number of anilines is 2. The van der Waals surface area contributed by atoms with Gasteiger partial charge in [-0.1, -0.05) is 23.1 Å². The standard InChI is InChI=1S/C16H21N5O3S2/c1-23-13-4-2-12(3-5-13)17-14(22)18-15-19-20-16(26-15)25-11-8-21-6-9-24-10-7-21/h2-5H,6-11H2,1H3,(H2,17,18,19,22)/p+1. The third-order valence-electron chi connectivity index (χ3n) is 3.86. The number of morpholine rings is 1. The van der Waals surface area contributed by atoms with E-state index in [9.17, 15) is 4.79 Å². The average Bonchev–Trinajstić information content (AvgIpc) is 3.10. The monoisotopic (exact) mass is 396 g/mol. The smallest absolute Gasteiger partial charge is 0.325 e. The van der Waals surface area contributed by atoms with Crippen molar-refractivity contribution in [1.82, 2.24) is 10.2 Å². The van der Waals surface area contributed by atoms with Gasteiger partial charge in [0.15, 0.2) is 4.34 Å². The van der Waals surface area contributed by atoms with Crippen LogP contribution in [0.15, 0.2) is 28.6 Å². The van der Waals surface area contributed by atoms with Crippen molar-refractivity contribution in [1.29, 1.82) is 0 Å². The SMILES string of the molecule is COc1ccc(NC(=O)Nc2nnc(SCC[NH+]3CCOCC3)s2)cc1. The van der Waals surface area contributed by atoms with E-state index in [1.807, 2.05) is 0 Å². The lowest BCUT2D eigenvalue weighted by Gasteiger charge is -2.23. The largest absolute Gasteiger partial charge is 0.497 e. The Hall–Kier alpha value is -1.88. The van der Waals surface area contributed by atoms with E-state index in [-0.39, 0.29) is 6.03 Å². The van der Waals surface area contributed by atoms with Crippen LogP contribution in [-0.4, -0.2) is 61.9 Å². The van der Waals surface area contributed by atoms with Gasteiger partial charge in [0.05, 0.1) is 26.9 Å². The molecule has 0 unspecified atom stereocenters. The van der Waals surface area contributed by atoms with Crippen molar-refractivity contribution in [3.63, 3.8) is 0 Å². The highest BCUT2D eigenvalue weighted by atomic mass is 32.2. The Labute approximate surface area is 160 Å². The number of hydrogen-bond donors (Lipinski definition) is 3. The van der Waals surface area contributed by atoms with Gasteiger partial charge in [-0.25, -0.2) is 4.79 Å². The first-order chi connectivity index (χ1) is 12.7. The molecule has 2 heterocycles. The third-order valence-corrected chi connectivity index (χ3v) is 5.83. The molecule has 1 saturated heterocycles. The van der Waals surface area contributed by atoms with Crippen LogP contribution in [0.25, 0.3) is 0 Å². The lowest BCUT2D eigenvalue weighted by atomic mass is 10.3. The van der Waals surface area contributed by atoms with Crippen LogP contribution in [0.4, 0.5) is 15.6 Å². The Bertz CT molecular complexity index is 704. The highest BCUT2D eigenvalue weighted by molar-refractivity contribution is 8.01. The van der Waals surface area contributed by atoms with Crippen LogP contribution in [0, 0.1) is 0 Å². The Morgan fingerprint density at radius 2 is 2.04 bits per heavy atom. The fraction of sp³-hybridized carbons (Fsp3) is 0.438. The number of carbonyl (C=O) groups excluding carboxylic acids is 1. The van der Waals surface area contributed by atoms with Crippen LogP contribution in [0.3, 0.4) is 0 Å². The molecular weight excluding hydrogens is 374 g/mol. The van der Waals surface area contributed by atoms with Crippen LogP contribution in [0.1, 0.15) is 0 Å². The summed E-state index contributed by atoms with van der Waals surface area (Å²) in [7, 11) is 1.60. The van der Waals surface area contributed by atoms with Gasteiger partial charge >= 0.3 is 6.03 Å². The fourth-order valence-electron chi connectivity index (χ4n) is 2.45. The first kappa shape index (κ1) is 18.9. The third kappa shape index (κ3) is 5.84. The number of benzene rings is 1. The zero-order valence-corrected chi connectivity index (χ0v) is 16.1. The molecule has 3 rings (SSSR count). The maximum atomic E-state index is 12.0. The molecule has 0 spiro atoms. The minimum atomic E-state index is -0.347. The highest BCUT2D eigenvalue weighted by Gasteiger charge is 2.14. The number of quaternary nitrogens is 1. The second kappa shape index (κ2) is 9.72. The number of rotatable bonds is 7. The van der Waals surface area contributed by atoms with E-state index in [1.54, 1.807) is 48.0 Å². The summed E-state index contributed by atoms with van der Waals surface area (Å²) >= 11 is 3.05. The van der Waals surface area contributed by atoms with Crippen LogP contribution < -0.4 is 20.3 Å². The molecule has 1 aromatic carbocycles. The number of carbonyl (C=O) groups is 1. The quantitative estimate of drug-likeness (QED) is 0.481. The van der Waals surface area contributed by atoms with Gasteiger partial charge < -0.3 is 19.7 Å². The molecule has 0 aliphatic carbocycles. The molecule has 1 aliphatic heterocycles. The number of methoxy groups -OCH3 is 1. The molecule has 2 aromatic rings. The molecule has 0 atom stereocenters. The number of hydrogen-bond acceptors (Lipinski definition) is 7. The number of thioether (sulfide) groups is 1. The van der Waals surface area contributed by atoms with Gasteiger partial charge in [-0.2, -0.15) is 0 Å². The van der Waals surface area contributed by atoms with Crippen molar-refractivity contribution in [2.75, 3.05) is 56.3 Å². The summed E-state index contributed by atoms with van der Waals surface area (Å²) in [6.07, 6.45) is 0. The molecule has 8 nitrogen and oxygen atoms in total. The van der Waals surface area contributed by atoms with E-state index < -0.39 is 0 Å². The summed E-state index contributed by atoms with van der Waals surface area (Å²) in [4.78, 5) is 13.6. The molecule has 1 fully saturated rings. The first-order valence-corrected chi connectivity index (χ1v) is 10.1. The summed E-state index contributed by atoms with van der Waals surface area (Å²) in [6.45, 7) is 4.89. The number of nitrogens with zero attached hydrogens (tertiary/aromatic N) is 2. The molecule has 0 bridgehead atoms. The number of aromatic nitrogens is 2. The molecule has 0 radical (unpaired) electrons. The Kier molecular flexibility index (Phi) is 7.06. The van der Waals surface area contributed by atoms with E-state index in [0.29, 0.717) is 10.8 Å². The van der Waals surface area contributed by atoms with Gasteiger partial charge in [-0.3, -0.25) is 5.32 Å². The van der Waals surface area contributed by atoms with Crippen molar-refractivity contribution in [3.8, 4) is 5.75 Å². The number of urea groups is 1.